The highest BCUT2D eigenvalue weighted by Crippen LogP contribution is 2.32. The summed E-state index contributed by atoms with van der Waals surface area (Å²) in [5.41, 5.74) is 1.86. The van der Waals surface area contributed by atoms with Crippen LogP contribution in [0.3, 0.4) is 0 Å². The topological polar surface area (TPSA) is 24.9 Å². The summed E-state index contributed by atoms with van der Waals surface area (Å²) < 4.78 is 2.14. The van der Waals surface area contributed by atoms with Crippen molar-refractivity contribution in [1.82, 2.24) is 4.98 Å². The Kier molecular flexibility index (Phi) is 3.24. The standard InChI is InChI=1S/C13H8BrClN2S/c14-8-4-6-9(7-5-8)16-13-17-12-10(15)2-1-3-11(12)18-13/h1-7H,(H,16,17). The normalized spacial score (nSPS) is 10.8. The quantitative estimate of drug-likeness (QED) is 0.671. The minimum absolute atomic E-state index is 0.688. The smallest absolute Gasteiger partial charge is 0.188 e. The Morgan fingerprint density at radius 1 is 1.11 bits per heavy atom. The molecular weight excluding hydrogens is 332 g/mol. The second-order valence-electron chi connectivity index (χ2n) is 3.74. The molecule has 0 amide bonds. The maximum Gasteiger partial charge on any atom is 0.188 e. The lowest BCUT2D eigenvalue weighted by Crippen LogP contribution is -1.88. The van der Waals surface area contributed by atoms with Crippen LogP contribution in [0.5, 0.6) is 0 Å². The first-order valence-corrected chi connectivity index (χ1v) is 7.29. The summed E-state index contributed by atoms with van der Waals surface area (Å²) >= 11 is 11.1. The van der Waals surface area contributed by atoms with Crippen LogP contribution in [0.4, 0.5) is 10.8 Å². The molecule has 90 valence electrons. The summed E-state index contributed by atoms with van der Waals surface area (Å²) in [5.74, 6) is 0. The highest BCUT2D eigenvalue weighted by Gasteiger charge is 2.06. The molecule has 0 unspecified atom stereocenters. The molecule has 0 saturated heterocycles. The predicted octanol–water partition coefficient (Wildman–Crippen LogP) is 5.46. The predicted molar refractivity (Wildman–Crippen MR) is 82.1 cm³/mol. The lowest BCUT2D eigenvalue weighted by Gasteiger charge is -2.01. The third-order valence-electron chi connectivity index (χ3n) is 2.47. The number of para-hydroxylation sites is 1. The van der Waals surface area contributed by atoms with Gasteiger partial charge in [-0.3, -0.25) is 0 Å². The van der Waals surface area contributed by atoms with E-state index in [0.717, 1.165) is 25.5 Å². The number of hydrogen-bond donors (Lipinski definition) is 1. The first-order valence-electron chi connectivity index (χ1n) is 5.30. The van der Waals surface area contributed by atoms with Crippen LogP contribution in [-0.2, 0) is 0 Å². The molecule has 18 heavy (non-hydrogen) atoms. The zero-order valence-electron chi connectivity index (χ0n) is 9.15. The molecule has 0 saturated carbocycles. The second-order valence-corrected chi connectivity index (χ2v) is 6.09. The van der Waals surface area contributed by atoms with Crippen LogP contribution in [0.25, 0.3) is 10.2 Å². The molecule has 3 rings (SSSR count). The van der Waals surface area contributed by atoms with Gasteiger partial charge in [0.2, 0.25) is 0 Å². The lowest BCUT2D eigenvalue weighted by molar-refractivity contribution is 1.44. The maximum atomic E-state index is 6.10. The highest BCUT2D eigenvalue weighted by atomic mass is 79.9. The van der Waals surface area contributed by atoms with E-state index < -0.39 is 0 Å². The largest absolute Gasteiger partial charge is 0.332 e. The summed E-state index contributed by atoms with van der Waals surface area (Å²) in [4.78, 5) is 4.49. The van der Waals surface area contributed by atoms with Gasteiger partial charge in [0.05, 0.1) is 9.72 Å². The van der Waals surface area contributed by atoms with Crippen molar-refractivity contribution in [3.05, 3.63) is 52.0 Å². The van der Waals surface area contributed by atoms with Crippen molar-refractivity contribution in [1.29, 1.82) is 0 Å². The maximum absolute atomic E-state index is 6.10. The minimum atomic E-state index is 0.688. The number of anilines is 2. The number of aromatic nitrogens is 1. The van der Waals surface area contributed by atoms with Gasteiger partial charge in [0.1, 0.15) is 5.52 Å². The molecule has 2 aromatic carbocycles. The Morgan fingerprint density at radius 3 is 2.61 bits per heavy atom. The van der Waals surface area contributed by atoms with Gasteiger partial charge in [0.15, 0.2) is 5.13 Å². The van der Waals surface area contributed by atoms with E-state index in [0.29, 0.717) is 5.02 Å². The number of hydrogen-bond acceptors (Lipinski definition) is 3. The van der Waals surface area contributed by atoms with Gasteiger partial charge < -0.3 is 5.32 Å². The van der Waals surface area contributed by atoms with Crippen molar-refractivity contribution in [3.63, 3.8) is 0 Å². The number of benzene rings is 2. The Morgan fingerprint density at radius 2 is 1.89 bits per heavy atom. The molecule has 0 fully saturated rings. The number of fused-ring (bicyclic) bond motifs is 1. The molecule has 5 heteroatoms. The van der Waals surface area contributed by atoms with Crippen LogP contribution < -0.4 is 5.32 Å². The second kappa shape index (κ2) is 4.88. The molecule has 0 bridgehead atoms. The molecule has 0 aliphatic carbocycles. The molecule has 0 spiro atoms. The monoisotopic (exact) mass is 338 g/mol. The van der Waals surface area contributed by atoms with Gasteiger partial charge in [-0.05, 0) is 36.4 Å². The van der Waals surface area contributed by atoms with E-state index in [4.69, 9.17) is 11.6 Å². The van der Waals surface area contributed by atoms with Gasteiger partial charge in [-0.1, -0.05) is 44.9 Å². The molecule has 0 radical (unpaired) electrons. The summed E-state index contributed by atoms with van der Waals surface area (Å²) in [7, 11) is 0. The first-order chi connectivity index (χ1) is 8.72. The van der Waals surface area contributed by atoms with Crippen molar-refractivity contribution < 1.29 is 0 Å². The fourth-order valence-corrected chi connectivity index (χ4v) is 3.08. The van der Waals surface area contributed by atoms with Gasteiger partial charge in [-0.15, -0.1) is 0 Å². The Labute approximate surface area is 122 Å². The third kappa shape index (κ3) is 2.36. The molecule has 3 aromatic rings. The third-order valence-corrected chi connectivity index (χ3v) is 4.23. The number of nitrogens with zero attached hydrogens (tertiary/aromatic N) is 1. The van der Waals surface area contributed by atoms with Crippen molar-refractivity contribution in [2.24, 2.45) is 0 Å². The molecule has 1 heterocycles. The van der Waals surface area contributed by atoms with E-state index in [1.807, 2.05) is 42.5 Å². The molecule has 0 atom stereocenters. The average molecular weight is 340 g/mol. The van der Waals surface area contributed by atoms with E-state index in [9.17, 15) is 0 Å². The molecule has 1 aromatic heterocycles. The molecular formula is C13H8BrClN2S. The van der Waals surface area contributed by atoms with Crippen LogP contribution >= 0.6 is 38.9 Å². The summed E-state index contributed by atoms with van der Waals surface area (Å²) in [6, 6.07) is 13.8. The number of thiazole rings is 1. The van der Waals surface area contributed by atoms with Crippen molar-refractivity contribution in [3.8, 4) is 0 Å². The summed E-state index contributed by atoms with van der Waals surface area (Å²) in [6.07, 6.45) is 0. The number of halogens is 2. The SMILES string of the molecule is Clc1cccc2sc(Nc3ccc(Br)cc3)nc12. The van der Waals surface area contributed by atoms with E-state index in [2.05, 4.69) is 26.2 Å². The minimum Gasteiger partial charge on any atom is -0.332 e. The zero-order valence-corrected chi connectivity index (χ0v) is 12.3. The molecule has 0 aliphatic rings. The van der Waals surface area contributed by atoms with Crippen molar-refractivity contribution in [2.75, 3.05) is 5.32 Å². The number of rotatable bonds is 2. The van der Waals surface area contributed by atoms with Crippen molar-refractivity contribution >= 4 is 59.9 Å². The Hall–Kier alpha value is -1.10. The fourth-order valence-electron chi connectivity index (χ4n) is 1.63. The first kappa shape index (κ1) is 12.0. The van der Waals surface area contributed by atoms with Crippen LogP contribution in [0.1, 0.15) is 0 Å². The van der Waals surface area contributed by atoms with Gasteiger partial charge >= 0.3 is 0 Å². The van der Waals surface area contributed by atoms with Crippen LogP contribution in [0, 0.1) is 0 Å². The lowest BCUT2D eigenvalue weighted by atomic mass is 10.3. The zero-order chi connectivity index (χ0) is 12.5. The van der Waals surface area contributed by atoms with Crippen molar-refractivity contribution in [2.45, 2.75) is 0 Å². The van der Waals surface area contributed by atoms with Crippen LogP contribution in [0.2, 0.25) is 5.02 Å². The van der Waals surface area contributed by atoms with Crippen LogP contribution in [-0.4, -0.2) is 4.98 Å². The van der Waals surface area contributed by atoms with E-state index in [1.165, 1.54) is 0 Å². The summed E-state index contributed by atoms with van der Waals surface area (Å²) in [6.45, 7) is 0. The van der Waals surface area contributed by atoms with Gasteiger partial charge in [0, 0.05) is 10.2 Å². The Balaban J connectivity index is 1.95. The van der Waals surface area contributed by atoms with Gasteiger partial charge in [-0.2, -0.15) is 0 Å². The van der Waals surface area contributed by atoms with E-state index >= 15 is 0 Å². The highest BCUT2D eigenvalue weighted by molar-refractivity contribution is 9.10. The Bertz CT molecular complexity index is 694. The number of nitrogens with one attached hydrogen (secondary N) is 1. The van der Waals surface area contributed by atoms with E-state index in [-0.39, 0.29) is 0 Å². The molecule has 1 N–H and O–H groups in total. The van der Waals surface area contributed by atoms with E-state index in [1.54, 1.807) is 11.3 Å². The van der Waals surface area contributed by atoms with Crippen LogP contribution in [0.15, 0.2) is 46.9 Å². The molecule has 2 nitrogen and oxygen atoms in total. The molecule has 0 aliphatic heterocycles. The van der Waals surface area contributed by atoms with Gasteiger partial charge in [0.25, 0.3) is 0 Å². The fraction of sp³-hybridized carbons (Fsp3) is 0. The summed E-state index contributed by atoms with van der Waals surface area (Å²) in [5, 5.41) is 4.81. The average Bonchev–Trinajstić information content (AvgIpc) is 2.76. The van der Waals surface area contributed by atoms with Gasteiger partial charge in [-0.25, -0.2) is 4.98 Å².